The molecule has 0 bridgehead atoms. The molecule has 1 aliphatic rings. The number of carbonyl (C=O) groups is 1. The van der Waals surface area contributed by atoms with Gasteiger partial charge in [-0.15, -0.1) is 0 Å². The van der Waals surface area contributed by atoms with Crippen molar-refractivity contribution < 1.29 is 4.79 Å². The van der Waals surface area contributed by atoms with Gasteiger partial charge in [-0.05, 0) is 36.5 Å². The SMILES string of the molecule is CC(NC(=O)C1CC1c1ccccc1)c1ccc(C#N)nc1. The molecule has 22 heavy (non-hydrogen) atoms. The van der Waals surface area contributed by atoms with Crippen LogP contribution in [0.2, 0.25) is 0 Å². The van der Waals surface area contributed by atoms with Crippen LogP contribution in [-0.2, 0) is 4.79 Å². The van der Waals surface area contributed by atoms with Gasteiger partial charge in [-0.1, -0.05) is 36.4 Å². The smallest absolute Gasteiger partial charge is 0.224 e. The second kappa shape index (κ2) is 5.98. The summed E-state index contributed by atoms with van der Waals surface area (Å²) in [7, 11) is 0. The maximum Gasteiger partial charge on any atom is 0.224 e. The van der Waals surface area contributed by atoms with Gasteiger partial charge in [0.05, 0.1) is 6.04 Å². The van der Waals surface area contributed by atoms with E-state index in [0.29, 0.717) is 11.6 Å². The number of rotatable bonds is 4. The van der Waals surface area contributed by atoms with Crippen molar-refractivity contribution in [3.8, 4) is 6.07 Å². The Morgan fingerprint density at radius 3 is 2.73 bits per heavy atom. The zero-order valence-corrected chi connectivity index (χ0v) is 12.4. The first-order valence-corrected chi connectivity index (χ1v) is 7.40. The van der Waals surface area contributed by atoms with Crippen LogP contribution in [0.3, 0.4) is 0 Å². The number of hydrogen-bond donors (Lipinski definition) is 1. The molecule has 1 saturated carbocycles. The zero-order valence-electron chi connectivity index (χ0n) is 12.4. The fourth-order valence-electron chi connectivity index (χ4n) is 2.68. The van der Waals surface area contributed by atoms with E-state index in [1.54, 1.807) is 12.3 Å². The molecular weight excluding hydrogens is 274 g/mol. The Morgan fingerprint density at radius 1 is 1.32 bits per heavy atom. The lowest BCUT2D eigenvalue weighted by Gasteiger charge is -2.14. The standard InChI is InChI=1S/C18H17N3O/c1-12(14-7-8-15(10-19)20-11-14)21-18(22)17-9-16(17)13-5-3-2-4-6-13/h2-8,11-12,16-17H,9H2,1H3,(H,21,22). The van der Waals surface area contributed by atoms with Gasteiger partial charge in [0.15, 0.2) is 0 Å². The van der Waals surface area contributed by atoms with Crippen molar-refractivity contribution in [1.82, 2.24) is 10.3 Å². The normalized spacial score (nSPS) is 20.7. The fourth-order valence-corrected chi connectivity index (χ4v) is 2.68. The fraction of sp³-hybridized carbons (Fsp3) is 0.278. The van der Waals surface area contributed by atoms with Gasteiger partial charge in [-0.2, -0.15) is 5.26 Å². The summed E-state index contributed by atoms with van der Waals surface area (Å²) in [5, 5.41) is 11.8. The van der Waals surface area contributed by atoms with Gasteiger partial charge in [-0.25, -0.2) is 4.98 Å². The molecule has 1 aromatic carbocycles. The summed E-state index contributed by atoms with van der Waals surface area (Å²) in [6.07, 6.45) is 2.55. The minimum absolute atomic E-state index is 0.0659. The lowest BCUT2D eigenvalue weighted by molar-refractivity contribution is -0.123. The second-order valence-electron chi connectivity index (χ2n) is 5.68. The summed E-state index contributed by atoms with van der Waals surface area (Å²) in [6.45, 7) is 1.93. The third kappa shape index (κ3) is 2.99. The highest BCUT2D eigenvalue weighted by molar-refractivity contribution is 5.83. The number of amides is 1. The largest absolute Gasteiger partial charge is 0.349 e. The van der Waals surface area contributed by atoms with Crippen molar-refractivity contribution in [2.24, 2.45) is 5.92 Å². The van der Waals surface area contributed by atoms with E-state index in [-0.39, 0.29) is 17.9 Å². The number of pyridine rings is 1. The second-order valence-corrected chi connectivity index (χ2v) is 5.68. The zero-order chi connectivity index (χ0) is 15.5. The van der Waals surface area contributed by atoms with Crippen LogP contribution in [-0.4, -0.2) is 10.9 Å². The highest BCUT2D eigenvalue weighted by Gasteiger charge is 2.44. The van der Waals surface area contributed by atoms with Crippen LogP contribution in [0.1, 0.15) is 42.1 Å². The van der Waals surface area contributed by atoms with Crippen molar-refractivity contribution >= 4 is 5.91 Å². The van der Waals surface area contributed by atoms with Crippen LogP contribution in [0, 0.1) is 17.2 Å². The molecule has 0 aliphatic heterocycles. The van der Waals surface area contributed by atoms with E-state index < -0.39 is 0 Å². The number of nitrogens with one attached hydrogen (secondary N) is 1. The van der Waals surface area contributed by atoms with E-state index in [1.165, 1.54) is 5.56 Å². The molecule has 3 rings (SSSR count). The van der Waals surface area contributed by atoms with Crippen molar-refractivity contribution in [3.63, 3.8) is 0 Å². The molecule has 4 nitrogen and oxygen atoms in total. The Morgan fingerprint density at radius 2 is 2.09 bits per heavy atom. The predicted molar refractivity (Wildman–Crippen MR) is 82.8 cm³/mol. The molecule has 0 saturated heterocycles. The number of carbonyl (C=O) groups excluding carboxylic acids is 1. The van der Waals surface area contributed by atoms with Crippen molar-refractivity contribution in [2.45, 2.75) is 25.3 Å². The van der Waals surface area contributed by atoms with Crippen molar-refractivity contribution in [3.05, 3.63) is 65.5 Å². The maximum atomic E-state index is 12.3. The molecule has 1 aromatic heterocycles. The molecule has 1 heterocycles. The first-order valence-electron chi connectivity index (χ1n) is 7.40. The van der Waals surface area contributed by atoms with E-state index in [4.69, 9.17) is 5.26 Å². The van der Waals surface area contributed by atoms with Crippen LogP contribution in [0.25, 0.3) is 0 Å². The number of hydrogen-bond acceptors (Lipinski definition) is 3. The van der Waals surface area contributed by atoms with E-state index in [1.807, 2.05) is 37.3 Å². The van der Waals surface area contributed by atoms with Gasteiger partial charge in [0.25, 0.3) is 0 Å². The molecule has 1 aliphatic carbocycles. The highest BCUT2D eigenvalue weighted by Crippen LogP contribution is 2.47. The Labute approximate surface area is 129 Å². The Balaban J connectivity index is 1.59. The molecule has 2 aromatic rings. The maximum absolute atomic E-state index is 12.3. The molecule has 3 unspecified atom stereocenters. The lowest BCUT2D eigenvalue weighted by Crippen LogP contribution is -2.28. The van der Waals surface area contributed by atoms with Gasteiger partial charge >= 0.3 is 0 Å². The van der Waals surface area contributed by atoms with Gasteiger partial charge in [0.2, 0.25) is 5.91 Å². The summed E-state index contributed by atoms with van der Waals surface area (Å²) in [5.74, 6) is 0.495. The molecule has 1 fully saturated rings. The topological polar surface area (TPSA) is 65.8 Å². The average molecular weight is 291 g/mol. The Kier molecular flexibility index (Phi) is 3.88. The van der Waals surface area contributed by atoms with E-state index in [0.717, 1.165) is 12.0 Å². The summed E-state index contributed by atoms with van der Waals surface area (Å²) in [5.41, 5.74) is 2.52. The Bertz CT molecular complexity index is 703. The van der Waals surface area contributed by atoms with Gasteiger partial charge < -0.3 is 5.32 Å². The average Bonchev–Trinajstić information content (AvgIpc) is 3.36. The van der Waals surface area contributed by atoms with E-state index in [9.17, 15) is 4.79 Å². The van der Waals surface area contributed by atoms with E-state index in [2.05, 4.69) is 22.4 Å². The number of benzene rings is 1. The minimum atomic E-state index is -0.107. The van der Waals surface area contributed by atoms with Crippen LogP contribution in [0.15, 0.2) is 48.7 Å². The van der Waals surface area contributed by atoms with Crippen LogP contribution < -0.4 is 5.32 Å². The van der Waals surface area contributed by atoms with Crippen LogP contribution in [0.4, 0.5) is 0 Å². The summed E-state index contributed by atoms with van der Waals surface area (Å²) in [4.78, 5) is 16.3. The molecular formula is C18H17N3O. The monoisotopic (exact) mass is 291 g/mol. The van der Waals surface area contributed by atoms with Gasteiger partial charge in [0, 0.05) is 12.1 Å². The van der Waals surface area contributed by atoms with Gasteiger partial charge in [0.1, 0.15) is 11.8 Å². The molecule has 0 spiro atoms. The predicted octanol–water partition coefficient (Wildman–Crippen LogP) is 2.93. The number of nitriles is 1. The first kappa shape index (κ1) is 14.3. The summed E-state index contributed by atoms with van der Waals surface area (Å²) >= 11 is 0. The van der Waals surface area contributed by atoms with E-state index >= 15 is 0 Å². The van der Waals surface area contributed by atoms with Crippen LogP contribution >= 0.6 is 0 Å². The summed E-state index contributed by atoms with van der Waals surface area (Å²) in [6, 6.07) is 15.5. The van der Waals surface area contributed by atoms with Crippen molar-refractivity contribution in [2.75, 3.05) is 0 Å². The van der Waals surface area contributed by atoms with Gasteiger partial charge in [-0.3, -0.25) is 4.79 Å². The molecule has 110 valence electrons. The third-order valence-electron chi connectivity index (χ3n) is 4.11. The molecule has 4 heteroatoms. The van der Waals surface area contributed by atoms with Crippen molar-refractivity contribution in [1.29, 1.82) is 5.26 Å². The molecule has 1 N–H and O–H groups in total. The number of nitrogens with zero attached hydrogens (tertiary/aromatic N) is 2. The molecule has 1 amide bonds. The molecule has 3 atom stereocenters. The van der Waals surface area contributed by atoms with Crippen LogP contribution in [0.5, 0.6) is 0 Å². The minimum Gasteiger partial charge on any atom is -0.349 e. The highest BCUT2D eigenvalue weighted by atomic mass is 16.2. The molecule has 0 radical (unpaired) electrons. The third-order valence-corrected chi connectivity index (χ3v) is 4.11. The lowest BCUT2D eigenvalue weighted by atomic mass is 10.1. The quantitative estimate of drug-likeness (QED) is 0.941. The summed E-state index contributed by atoms with van der Waals surface area (Å²) < 4.78 is 0. The number of aromatic nitrogens is 1. The Hall–Kier alpha value is -2.67. The first-order chi connectivity index (χ1) is 10.7.